The van der Waals surface area contributed by atoms with Gasteiger partial charge in [-0.1, -0.05) is 30.3 Å². The summed E-state index contributed by atoms with van der Waals surface area (Å²) in [4.78, 5) is 36.3. The number of aromatic amines is 1. The summed E-state index contributed by atoms with van der Waals surface area (Å²) >= 11 is 0. The molecule has 0 saturated carbocycles. The Morgan fingerprint density at radius 1 is 1.14 bits per heavy atom. The van der Waals surface area contributed by atoms with Crippen molar-refractivity contribution in [2.45, 2.75) is 13.0 Å². The highest BCUT2D eigenvalue weighted by Gasteiger charge is 2.21. The first-order chi connectivity index (χ1) is 14.0. The molecule has 0 radical (unpaired) electrons. The molecule has 8 nitrogen and oxygen atoms in total. The number of hydrogen-bond donors (Lipinski definition) is 2. The Bertz CT molecular complexity index is 1240. The Morgan fingerprint density at radius 2 is 1.93 bits per heavy atom. The highest BCUT2D eigenvalue weighted by molar-refractivity contribution is 5.96. The van der Waals surface area contributed by atoms with Gasteiger partial charge in [-0.05, 0) is 22.9 Å². The molecular weight excluding hydrogens is 372 g/mol. The second-order valence-corrected chi connectivity index (χ2v) is 6.58. The van der Waals surface area contributed by atoms with Gasteiger partial charge >= 0.3 is 5.97 Å². The molecule has 2 aromatic rings. The first kappa shape index (κ1) is 18.4. The number of rotatable bonds is 5. The predicted molar refractivity (Wildman–Crippen MR) is 108 cm³/mol. The summed E-state index contributed by atoms with van der Waals surface area (Å²) in [5.41, 5.74) is 0.987. The molecule has 0 fully saturated rings. The third kappa shape index (κ3) is 3.73. The fraction of sp³-hybridized carbons (Fsp3) is 0.143. The van der Waals surface area contributed by atoms with Crippen LogP contribution < -0.4 is 10.9 Å². The second kappa shape index (κ2) is 7.59. The summed E-state index contributed by atoms with van der Waals surface area (Å²) in [7, 11) is 1.26. The van der Waals surface area contributed by atoms with E-state index in [1.807, 2.05) is 42.5 Å². The van der Waals surface area contributed by atoms with Crippen LogP contribution in [-0.4, -0.2) is 33.8 Å². The molecule has 4 rings (SSSR count). The maximum atomic E-state index is 12.4. The number of H-pyrrole nitrogens is 1. The summed E-state index contributed by atoms with van der Waals surface area (Å²) in [5.74, 6) is -0.779. The number of aryl methyl sites for hydroxylation is 1. The number of esters is 1. The Balaban J connectivity index is 1.50. The largest absolute Gasteiger partial charge is 0.465 e. The van der Waals surface area contributed by atoms with E-state index >= 15 is 0 Å². The van der Waals surface area contributed by atoms with Gasteiger partial charge in [-0.3, -0.25) is 9.59 Å². The molecular formula is C21H18N4O4. The van der Waals surface area contributed by atoms with Crippen LogP contribution in [0.15, 0.2) is 59.7 Å². The van der Waals surface area contributed by atoms with Crippen LogP contribution in [0.5, 0.6) is 0 Å². The van der Waals surface area contributed by atoms with Crippen molar-refractivity contribution in [2.75, 3.05) is 12.4 Å². The lowest BCUT2D eigenvalue weighted by molar-refractivity contribution is -0.116. The van der Waals surface area contributed by atoms with Crippen LogP contribution >= 0.6 is 0 Å². The van der Waals surface area contributed by atoms with Crippen LogP contribution in [0.4, 0.5) is 5.69 Å². The zero-order chi connectivity index (χ0) is 20.4. The minimum Gasteiger partial charge on any atom is -0.465 e. The van der Waals surface area contributed by atoms with Gasteiger partial charge in [-0.15, -0.1) is 0 Å². The lowest BCUT2D eigenvalue weighted by Crippen LogP contribution is -2.16. The van der Waals surface area contributed by atoms with Crippen molar-refractivity contribution in [1.82, 2.24) is 14.8 Å². The number of fused-ring (bicyclic) bond motifs is 2. The number of hydrogen-bond acceptors (Lipinski definition) is 5. The highest BCUT2D eigenvalue weighted by Crippen LogP contribution is 2.21. The van der Waals surface area contributed by atoms with Crippen LogP contribution in [-0.2, 0) is 16.1 Å². The predicted octanol–water partition coefficient (Wildman–Crippen LogP) is 2.64. The SMILES string of the molecule is COC(=O)c1cn(CCC(=O)Nc2ccc3ccccc3c2)cc2c(=O)[nH]nc1-2. The molecule has 0 unspecified atom stereocenters. The van der Waals surface area contributed by atoms with Crippen molar-refractivity contribution < 1.29 is 14.3 Å². The number of amides is 1. The van der Waals surface area contributed by atoms with Crippen molar-refractivity contribution in [2.24, 2.45) is 0 Å². The maximum absolute atomic E-state index is 12.4. The van der Waals surface area contributed by atoms with Gasteiger partial charge in [0.25, 0.3) is 5.56 Å². The van der Waals surface area contributed by atoms with Gasteiger partial charge in [-0.2, -0.15) is 5.10 Å². The van der Waals surface area contributed by atoms with Crippen molar-refractivity contribution in [1.29, 1.82) is 0 Å². The average molecular weight is 390 g/mol. The Kier molecular flexibility index (Phi) is 4.82. The first-order valence-electron chi connectivity index (χ1n) is 9.00. The van der Waals surface area contributed by atoms with Gasteiger partial charge in [0.15, 0.2) is 0 Å². The summed E-state index contributed by atoms with van der Waals surface area (Å²) in [6.45, 7) is 0.282. The molecule has 29 heavy (non-hydrogen) atoms. The van der Waals surface area contributed by atoms with Gasteiger partial charge in [0.05, 0.1) is 12.7 Å². The van der Waals surface area contributed by atoms with E-state index in [-0.39, 0.29) is 35.7 Å². The van der Waals surface area contributed by atoms with Crippen molar-refractivity contribution in [3.05, 3.63) is 70.8 Å². The number of benzene rings is 2. The van der Waals surface area contributed by atoms with Gasteiger partial charge in [-0.25, -0.2) is 9.89 Å². The van der Waals surface area contributed by atoms with E-state index in [2.05, 4.69) is 15.5 Å². The van der Waals surface area contributed by atoms with Crippen LogP contribution in [0.3, 0.4) is 0 Å². The number of nitrogens with one attached hydrogen (secondary N) is 2. The number of aromatic nitrogens is 3. The third-order valence-electron chi connectivity index (χ3n) is 4.65. The maximum Gasteiger partial charge on any atom is 0.341 e. The summed E-state index contributed by atoms with van der Waals surface area (Å²) < 4.78 is 6.38. The third-order valence-corrected chi connectivity index (χ3v) is 4.65. The molecule has 2 aromatic carbocycles. The highest BCUT2D eigenvalue weighted by atomic mass is 16.5. The standard InChI is InChI=1S/C21H18N4O4/c1-29-21(28)17-12-25(11-16-19(17)23-24-20(16)27)9-8-18(26)22-15-7-6-13-4-2-3-5-14(13)10-15/h2-7,10-12H,8-9H2,1H3,(H,22,26)(H,24,27). The van der Waals surface area contributed by atoms with Gasteiger partial charge in [0.2, 0.25) is 5.91 Å². The number of methoxy groups -OCH3 is 1. The molecule has 0 saturated heterocycles. The van der Waals surface area contributed by atoms with Crippen LogP contribution in [0, 0.1) is 0 Å². The smallest absolute Gasteiger partial charge is 0.341 e. The molecule has 8 heteroatoms. The number of carbonyl (C=O) groups excluding carboxylic acids is 2. The molecule has 2 N–H and O–H groups in total. The molecule has 0 spiro atoms. The minimum absolute atomic E-state index is 0.162. The van der Waals surface area contributed by atoms with E-state index in [0.29, 0.717) is 5.69 Å². The molecule has 0 atom stereocenters. The molecule has 1 amide bonds. The summed E-state index contributed by atoms with van der Waals surface area (Å²) in [6.07, 6.45) is 3.25. The lowest BCUT2D eigenvalue weighted by atomic mass is 10.1. The van der Waals surface area contributed by atoms with Gasteiger partial charge < -0.3 is 14.6 Å². The van der Waals surface area contributed by atoms with E-state index in [1.165, 1.54) is 13.3 Å². The monoisotopic (exact) mass is 390 g/mol. The first-order valence-corrected chi connectivity index (χ1v) is 9.00. The molecule has 2 heterocycles. The molecule has 146 valence electrons. The quantitative estimate of drug-likeness (QED) is 0.510. The molecule has 0 bridgehead atoms. The normalized spacial score (nSPS) is 10.9. The van der Waals surface area contributed by atoms with Crippen LogP contribution in [0.2, 0.25) is 0 Å². The van der Waals surface area contributed by atoms with Crippen molar-refractivity contribution in [3.8, 4) is 11.3 Å². The minimum atomic E-state index is -0.600. The molecule has 2 aliphatic rings. The second-order valence-electron chi connectivity index (χ2n) is 6.58. The van der Waals surface area contributed by atoms with Crippen molar-refractivity contribution in [3.63, 3.8) is 0 Å². The number of ether oxygens (including phenoxy) is 1. The van der Waals surface area contributed by atoms with E-state index < -0.39 is 11.5 Å². The molecule has 0 aromatic heterocycles. The van der Waals surface area contributed by atoms with E-state index in [4.69, 9.17) is 4.74 Å². The van der Waals surface area contributed by atoms with Crippen molar-refractivity contribution >= 4 is 28.3 Å². The Morgan fingerprint density at radius 3 is 2.72 bits per heavy atom. The van der Waals surface area contributed by atoms with Gasteiger partial charge in [0.1, 0.15) is 11.3 Å². The number of nitrogens with zero attached hydrogens (tertiary/aromatic N) is 2. The topological polar surface area (TPSA) is 106 Å². The number of carbonyl (C=O) groups is 2. The summed E-state index contributed by atoms with van der Waals surface area (Å²) in [5, 5.41) is 11.2. The fourth-order valence-corrected chi connectivity index (χ4v) is 3.20. The number of pyridine rings is 1. The van der Waals surface area contributed by atoms with E-state index in [0.717, 1.165) is 10.8 Å². The molecule has 0 aliphatic carbocycles. The van der Waals surface area contributed by atoms with E-state index in [1.54, 1.807) is 10.8 Å². The summed E-state index contributed by atoms with van der Waals surface area (Å²) in [6, 6.07) is 13.6. The Labute approximate surface area is 165 Å². The van der Waals surface area contributed by atoms with E-state index in [9.17, 15) is 14.4 Å². The lowest BCUT2D eigenvalue weighted by Gasteiger charge is -2.12. The zero-order valence-corrected chi connectivity index (χ0v) is 15.6. The average Bonchev–Trinajstić information content (AvgIpc) is 3.12. The van der Waals surface area contributed by atoms with Crippen LogP contribution in [0.25, 0.3) is 22.0 Å². The van der Waals surface area contributed by atoms with Crippen LogP contribution in [0.1, 0.15) is 16.8 Å². The zero-order valence-electron chi connectivity index (χ0n) is 15.6. The fourth-order valence-electron chi connectivity index (χ4n) is 3.20. The molecule has 2 aliphatic heterocycles. The van der Waals surface area contributed by atoms with Gasteiger partial charge in [0, 0.05) is 31.0 Å². The Hall–Kier alpha value is -3.94. The number of anilines is 1.